The number of thiophene rings is 1. The van der Waals surface area contributed by atoms with Gasteiger partial charge in [-0.3, -0.25) is 0 Å². The summed E-state index contributed by atoms with van der Waals surface area (Å²) in [6.45, 7) is 0. The van der Waals surface area contributed by atoms with Gasteiger partial charge in [-0.25, -0.2) is 0 Å². The van der Waals surface area contributed by atoms with Crippen LogP contribution < -0.4 is 4.90 Å². The molecular weight excluding hydrogens is 727 g/mol. The molecular formula is C54H33NO2S. The number of fused-ring (bicyclic) bond motifs is 10. The number of nitrogens with zero attached hydrogens (tertiary/aromatic N) is 1. The van der Waals surface area contributed by atoms with Gasteiger partial charge in [0.15, 0.2) is 0 Å². The normalized spacial score (nSPS) is 11.8. The fourth-order valence-corrected chi connectivity index (χ4v) is 9.92. The van der Waals surface area contributed by atoms with E-state index < -0.39 is 0 Å². The van der Waals surface area contributed by atoms with Crippen molar-refractivity contribution >= 4 is 92.4 Å². The van der Waals surface area contributed by atoms with Gasteiger partial charge in [0.2, 0.25) is 0 Å². The first-order chi connectivity index (χ1) is 28.7. The van der Waals surface area contributed by atoms with Gasteiger partial charge in [0.1, 0.15) is 22.3 Å². The number of benzene rings is 9. The fraction of sp³-hybridized carbons (Fsp3) is 0. The monoisotopic (exact) mass is 759 g/mol. The van der Waals surface area contributed by atoms with Crippen LogP contribution in [0.25, 0.3) is 97.4 Å². The Morgan fingerprint density at radius 3 is 1.64 bits per heavy atom. The third-order valence-electron chi connectivity index (χ3n) is 11.5. The Morgan fingerprint density at radius 2 is 0.879 bits per heavy atom. The summed E-state index contributed by atoms with van der Waals surface area (Å²) >= 11 is 1.85. The van der Waals surface area contributed by atoms with E-state index in [1.165, 1.54) is 53.2 Å². The highest BCUT2D eigenvalue weighted by molar-refractivity contribution is 7.26. The van der Waals surface area contributed by atoms with Crippen LogP contribution in [0.5, 0.6) is 0 Å². The lowest BCUT2D eigenvalue weighted by molar-refractivity contribution is 0.668. The largest absolute Gasteiger partial charge is 0.456 e. The second-order valence-corrected chi connectivity index (χ2v) is 15.9. The molecule has 0 radical (unpaired) electrons. The van der Waals surface area contributed by atoms with Crippen LogP contribution in [-0.4, -0.2) is 0 Å². The molecule has 0 unspecified atom stereocenters. The van der Waals surface area contributed by atoms with E-state index in [1.807, 2.05) is 29.5 Å². The zero-order chi connectivity index (χ0) is 38.2. The van der Waals surface area contributed by atoms with Crippen molar-refractivity contribution in [3.8, 4) is 33.4 Å². The average Bonchev–Trinajstić information content (AvgIpc) is 3.98. The summed E-state index contributed by atoms with van der Waals surface area (Å²) in [6.07, 6.45) is 0. The molecule has 0 aliphatic carbocycles. The summed E-state index contributed by atoms with van der Waals surface area (Å²) in [6, 6.07) is 71.5. The van der Waals surface area contributed by atoms with Crippen LogP contribution in [0.3, 0.4) is 0 Å². The maximum Gasteiger partial charge on any atom is 0.136 e. The quantitative estimate of drug-likeness (QED) is 0.169. The maximum atomic E-state index is 6.24. The lowest BCUT2D eigenvalue weighted by atomic mass is 9.98. The van der Waals surface area contributed by atoms with Gasteiger partial charge in [-0.1, -0.05) is 127 Å². The smallest absolute Gasteiger partial charge is 0.136 e. The molecule has 0 aliphatic rings. The van der Waals surface area contributed by atoms with Crippen LogP contribution in [-0.2, 0) is 0 Å². The number of rotatable bonds is 6. The van der Waals surface area contributed by atoms with E-state index in [0.717, 1.165) is 61.3 Å². The lowest BCUT2D eigenvalue weighted by Gasteiger charge is -2.26. The highest BCUT2D eigenvalue weighted by Crippen LogP contribution is 2.45. The zero-order valence-corrected chi connectivity index (χ0v) is 32.0. The van der Waals surface area contributed by atoms with Crippen molar-refractivity contribution < 1.29 is 8.83 Å². The first kappa shape index (κ1) is 32.8. The van der Waals surface area contributed by atoms with Gasteiger partial charge >= 0.3 is 0 Å². The molecule has 0 fully saturated rings. The molecule has 58 heavy (non-hydrogen) atoms. The lowest BCUT2D eigenvalue weighted by Crippen LogP contribution is -2.10. The average molecular weight is 760 g/mol. The Labute approximate surface area is 338 Å². The van der Waals surface area contributed by atoms with E-state index in [0.29, 0.717) is 0 Å². The van der Waals surface area contributed by atoms with Crippen LogP contribution in [0.2, 0.25) is 0 Å². The molecule has 0 N–H and O–H groups in total. The minimum atomic E-state index is 0.901. The molecule has 12 rings (SSSR count). The van der Waals surface area contributed by atoms with E-state index in [9.17, 15) is 0 Å². The van der Waals surface area contributed by atoms with E-state index in [4.69, 9.17) is 8.83 Å². The molecule has 0 aliphatic heterocycles. The minimum Gasteiger partial charge on any atom is -0.456 e. The number of furan rings is 2. The summed E-state index contributed by atoms with van der Waals surface area (Å²) in [4.78, 5) is 2.35. The SMILES string of the molecule is c1ccc(-c2cccc(N(c3ccc(-c4ccc5c(c4)sc4ccc6oc7ccccc7c6c45)cc3)c3ccc(-c4cccc5oc6ccccc6c45)cc3)c2)cc1. The van der Waals surface area contributed by atoms with Crippen molar-refractivity contribution in [1.29, 1.82) is 0 Å². The Balaban J connectivity index is 0.944. The van der Waals surface area contributed by atoms with Gasteiger partial charge in [-0.2, -0.15) is 0 Å². The second kappa shape index (κ2) is 13.1. The third kappa shape index (κ3) is 5.27. The summed E-state index contributed by atoms with van der Waals surface area (Å²) in [5.41, 5.74) is 14.0. The number of para-hydroxylation sites is 2. The van der Waals surface area contributed by atoms with Crippen molar-refractivity contribution in [3.63, 3.8) is 0 Å². The van der Waals surface area contributed by atoms with Crippen LogP contribution in [0.4, 0.5) is 17.1 Å². The van der Waals surface area contributed by atoms with Gasteiger partial charge in [0.25, 0.3) is 0 Å². The van der Waals surface area contributed by atoms with Crippen molar-refractivity contribution in [2.75, 3.05) is 4.90 Å². The van der Waals surface area contributed by atoms with Crippen LogP contribution >= 0.6 is 11.3 Å². The Bertz CT molecular complexity index is 3500. The Kier molecular flexibility index (Phi) is 7.40. The van der Waals surface area contributed by atoms with Crippen LogP contribution in [0.15, 0.2) is 209 Å². The summed E-state index contributed by atoms with van der Waals surface area (Å²) in [5.74, 6) is 0. The molecule has 0 saturated heterocycles. The highest BCUT2D eigenvalue weighted by Gasteiger charge is 2.18. The zero-order valence-electron chi connectivity index (χ0n) is 31.2. The van der Waals surface area contributed by atoms with Crippen molar-refractivity contribution in [2.45, 2.75) is 0 Å². The first-order valence-corrected chi connectivity index (χ1v) is 20.4. The predicted octanol–water partition coefficient (Wildman–Crippen LogP) is 16.3. The molecule has 3 aromatic heterocycles. The van der Waals surface area contributed by atoms with Gasteiger partial charge in [0, 0.05) is 58.8 Å². The van der Waals surface area contributed by atoms with Gasteiger partial charge in [0.05, 0.1) is 0 Å². The van der Waals surface area contributed by atoms with Crippen LogP contribution in [0, 0.1) is 0 Å². The molecule has 9 aromatic carbocycles. The van der Waals surface area contributed by atoms with Crippen LogP contribution in [0.1, 0.15) is 0 Å². The van der Waals surface area contributed by atoms with Gasteiger partial charge in [-0.05, 0) is 106 Å². The predicted molar refractivity (Wildman–Crippen MR) is 245 cm³/mol. The van der Waals surface area contributed by atoms with Crippen molar-refractivity contribution in [1.82, 2.24) is 0 Å². The van der Waals surface area contributed by atoms with E-state index in [2.05, 4.69) is 187 Å². The van der Waals surface area contributed by atoms with E-state index >= 15 is 0 Å². The van der Waals surface area contributed by atoms with Gasteiger partial charge < -0.3 is 13.7 Å². The molecule has 0 spiro atoms. The summed E-state index contributed by atoms with van der Waals surface area (Å²) in [7, 11) is 0. The van der Waals surface area contributed by atoms with Crippen molar-refractivity contribution in [3.05, 3.63) is 200 Å². The molecule has 3 nitrogen and oxygen atoms in total. The summed E-state index contributed by atoms with van der Waals surface area (Å²) in [5, 5.41) is 7.19. The van der Waals surface area contributed by atoms with E-state index in [-0.39, 0.29) is 0 Å². The number of hydrogen-bond acceptors (Lipinski definition) is 4. The Morgan fingerprint density at radius 1 is 0.310 bits per heavy atom. The molecule has 0 saturated carbocycles. The molecule has 12 aromatic rings. The number of hydrogen-bond donors (Lipinski definition) is 0. The molecule has 0 atom stereocenters. The third-order valence-corrected chi connectivity index (χ3v) is 12.6. The van der Waals surface area contributed by atoms with Crippen molar-refractivity contribution in [2.24, 2.45) is 0 Å². The second-order valence-electron chi connectivity index (χ2n) is 14.8. The summed E-state index contributed by atoms with van der Waals surface area (Å²) < 4.78 is 15.0. The first-order valence-electron chi connectivity index (χ1n) is 19.6. The molecule has 4 heteroatoms. The fourth-order valence-electron chi connectivity index (χ4n) is 8.77. The van der Waals surface area contributed by atoms with E-state index in [1.54, 1.807) is 0 Å². The standard InChI is InChI=1S/C54H33NO2S/c1-2-10-34(11-3-1)37-12-8-13-41(32-37)55(40-27-22-36(23-28-40)42-16-9-19-48-52(42)43-14-4-6-17-46(43)56-48)39-25-20-35(21-26-39)38-24-29-45-51(33-38)58-50-31-30-49-53(54(45)50)44-15-5-7-18-47(44)57-49/h1-33H. The maximum absolute atomic E-state index is 6.24. The molecule has 0 amide bonds. The number of anilines is 3. The minimum absolute atomic E-state index is 0.901. The molecule has 3 heterocycles. The van der Waals surface area contributed by atoms with Gasteiger partial charge in [-0.15, -0.1) is 11.3 Å². The highest BCUT2D eigenvalue weighted by atomic mass is 32.1. The molecule has 0 bridgehead atoms. The molecule has 272 valence electrons. The Hall–Kier alpha value is -7.40. The topological polar surface area (TPSA) is 29.5 Å².